The standard InChI is InChI=1S/C14H19NO3/c1-4-13(2)14(3,17)15(12(16)18-13)10-11-8-6-5-7-9-11/h5-9,17H,4,10H2,1-3H3/t13-,14-/m1/s1. The number of hydrogen-bond acceptors (Lipinski definition) is 3. The quantitative estimate of drug-likeness (QED) is 0.895. The number of cyclic esters (lactones) is 1. The molecule has 1 saturated heterocycles. The molecule has 1 fully saturated rings. The third kappa shape index (κ3) is 1.86. The second-order valence-electron chi connectivity index (χ2n) is 5.04. The summed E-state index contributed by atoms with van der Waals surface area (Å²) in [5.74, 6) is 0. The first-order valence-corrected chi connectivity index (χ1v) is 6.17. The highest BCUT2D eigenvalue weighted by Gasteiger charge is 2.58. The van der Waals surface area contributed by atoms with Crippen LogP contribution in [0.4, 0.5) is 4.79 Å². The van der Waals surface area contributed by atoms with Crippen molar-refractivity contribution in [3.05, 3.63) is 35.9 Å². The van der Waals surface area contributed by atoms with Crippen LogP contribution in [0.2, 0.25) is 0 Å². The van der Waals surface area contributed by atoms with Crippen molar-refractivity contribution in [2.45, 2.75) is 45.1 Å². The summed E-state index contributed by atoms with van der Waals surface area (Å²) >= 11 is 0. The molecule has 1 aromatic carbocycles. The normalized spacial score (nSPS) is 31.6. The monoisotopic (exact) mass is 249 g/mol. The molecule has 18 heavy (non-hydrogen) atoms. The van der Waals surface area contributed by atoms with Gasteiger partial charge in [0.15, 0.2) is 11.3 Å². The van der Waals surface area contributed by atoms with Gasteiger partial charge in [0, 0.05) is 0 Å². The Kier molecular flexibility index (Phi) is 3.07. The maximum Gasteiger partial charge on any atom is 0.413 e. The molecule has 98 valence electrons. The lowest BCUT2D eigenvalue weighted by Crippen LogP contribution is -2.54. The second-order valence-corrected chi connectivity index (χ2v) is 5.04. The van der Waals surface area contributed by atoms with Crippen LogP contribution >= 0.6 is 0 Å². The summed E-state index contributed by atoms with van der Waals surface area (Å²) in [5, 5.41) is 10.6. The zero-order chi connectivity index (χ0) is 13.4. The molecule has 0 aromatic heterocycles. The van der Waals surface area contributed by atoms with Crippen LogP contribution in [0, 0.1) is 0 Å². The first kappa shape index (κ1) is 12.9. The minimum absolute atomic E-state index is 0.349. The largest absolute Gasteiger partial charge is 0.438 e. The summed E-state index contributed by atoms with van der Waals surface area (Å²) in [6.45, 7) is 5.64. The van der Waals surface area contributed by atoms with E-state index >= 15 is 0 Å². The summed E-state index contributed by atoms with van der Waals surface area (Å²) in [5.41, 5.74) is -1.19. The van der Waals surface area contributed by atoms with E-state index in [4.69, 9.17) is 4.74 Å². The summed E-state index contributed by atoms with van der Waals surface area (Å²) in [7, 11) is 0. The van der Waals surface area contributed by atoms with Crippen LogP contribution < -0.4 is 0 Å². The first-order chi connectivity index (χ1) is 8.40. The molecular formula is C14H19NO3. The van der Waals surface area contributed by atoms with Crippen LogP contribution in [-0.2, 0) is 11.3 Å². The summed E-state index contributed by atoms with van der Waals surface area (Å²) in [6.07, 6.45) is 0.102. The van der Waals surface area contributed by atoms with E-state index in [1.165, 1.54) is 4.90 Å². The van der Waals surface area contributed by atoms with E-state index < -0.39 is 17.4 Å². The number of hydrogen-bond donors (Lipinski definition) is 1. The Morgan fingerprint density at radius 2 is 1.89 bits per heavy atom. The Hall–Kier alpha value is -1.55. The van der Waals surface area contributed by atoms with Gasteiger partial charge in [0.05, 0.1) is 6.54 Å². The highest BCUT2D eigenvalue weighted by atomic mass is 16.6. The van der Waals surface area contributed by atoms with Gasteiger partial charge in [-0.05, 0) is 25.8 Å². The average molecular weight is 249 g/mol. The zero-order valence-corrected chi connectivity index (χ0v) is 11.0. The number of rotatable bonds is 3. The summed E-state index contributed by atoms with van der Waals surface area (Å²) in [4.78, 5) is 13.3. The molecule has 4 heteroatoms. The van der Waals surface area contributed by atoms with Crippen LogP contribution in [0.1, 0.15) is 32.8 Å². The number of carbonyl (C=O) groups excluding carboxylic acids is 1. The third-order valence-electron chi connectivity index (χ3n) is 3.92. The topological polar surface area (TPSA) is 49.8 Å². The fourth-order valence-electron chi connectivity index (χ4n) is 2.20. The number of amides is 1. The van der Waals surface area contributed by atoms with Gasteiger partial charge in [-0.25, -0.2) is 4.79 Å². The van der Waals surface area contributed by atoms with Crippen molar-refractivity contribution in [3.8, 4) is 0 Å². The Balaban J connectivity index is 2.26. The molecule has 1 N–H and O–H groups in total. The maximum absolute atomic E-state index is 11.9. The van der Waals surface area contributed by atoms with E-state index in [0.717, 1.165) is 5.56 Å². The van der Waals surface area contributed by atoms with Gasteiger partial charge in [-0.3, -0.25) is 4.90 Å². The molecule has 2 rings (SSSR count). The highest BCUT2D eigenvalue weighted by molar-refractivity contribution is 5.72. The van der Waals surface area contributed by atoms with Gasteiger partial charge in [-0.15, -0.1) is 0 Å². The van der Waals surface area contributed by atoms with Crippen molar-refractivity contribution in [2.75, 3.05) is 0 Å². The smallest absolute Gasteiger partial charge is 0.413 e. The van der Waals surface area contributed by atoms with Gasteiger partial charge in [0.1, 0.15) is 0 Å². The first-order valence-electron chi connectivity index (χ1n) is 6.17. The van der Waals surface area contributed by atoms with Crippen LogP contribution in [0.3, 0.4) is 0 Å². The molecule has 0 unspecified atom stereocenters. The van der Waals surface area contributed by atoms with Crippen molar-refractivity contribution in [1.82, 2.24) is 4.90 Å². The van der Waals surface area contributed by atoms with Crippen LogP contribution in [0.15, 0.2) is 30.3 Å². The lowest BCUT2D eigenvalue weighted by Gasteiger charge is -2.36. The number of benzene rings is 1. The zero-order valence-electron chi connectivity index (χ0n) is 11.0. The summed E-state index contributed by atoms with van der Waals surface area (Å²) in [6, 6.07) is 9.57. The van der Waals surface area contributed by atoms with Crippen molar-refractivity contribution in [1.29, 1.82) is 0 Å². The lowest BCUT2D eigenvalue weighted by molar-refractivity contribution is -0.139. The number of nitrogens with zero attached hydrogens (tertiary/aromatic N) is 1. The molecule has 0 spiro atoms. The van der Waals surface area contributed by atoms with Crippen LogP contribution in [-0.4, -0.2) is 27.4 Å². The van der Waals surface area contributed by atoms with Gasteiger partial charge in [0.25, 0.3) is 0 Å². The fraction of sp³-hybridized carbons (Fsp3) is 0.500. The molecule has 1 aromatic rings. The highest BCUT2D eigenvalue weighted by Crippen LogP contribution is 2.40. The minimum Gasteiger partial charge on any atom is -0.438 e. The van der Waals surface area contributed by atoms with E-state index in [0.29, 0.717) is 13.0 Å². The van der Waals surface area contributed by atoms with E-state index in [1.807, 2.05) is 37.3 Å². The van der Waals surface area contributed by atoms with Crippen LogP contribution in [0.25, 0.3) is 0 Å². The van der Waals surface area contributed by atoms with Gasteiger partial charge in [-0.1, -0.05) is 37.3 Å². The number of ether oxygens (including phenoxy) is 1. The van der Waals surface area contributed by atoms with E-state index in [2.05, 4.69) is 0 Å². The van der Waals surface area contributed by atoms with Gasteiger partial charge in [0.2, 0.25) is 0 Å². The second kappa shape index (κ2) is 4.28. The average Bonchev–Trinajstić information content (AvgIpc) is 2.51. The summed E-state index contributed by atoms with van der Waals surface area (Å²) < 4.78 is 5.34. The van der Waals surface area contributed by atoms with Gasteiger partial charge in [-0.2, -0.15) is 0 Å². The number of carbonyl (C=O) groups is 1. The minimum atomic E-state index is -1.30. The maximum atomic E-state index is 11.9. The molecule has 4 nitrogen and oxygen atoms in total. The van der Waals surface area contributed by atoms with Crippen molar-refractivity contribution in [3.63, 3.8) is 0 Å². The van der Waals surface area contributed by atoms with Crippen molar-refractivity contribution < 1.29 is 14.6 Å². The molecule has 1 aliphatic heterocycles. The van der Waals surface area contributed by atoms with Crippen LogP contribution in [0.5, 0.6) is 0 Å². The Morgan fingerprint density at radius 1 is 1.28 bits per heavy atom. The molecular weight excluding hydrogens is 230 g/mol. The van der Waals surface area contributed by atoms with E-state index in [9.17, 15) is 9.90 Å². The molecule has 0 radical (unpaired) electrons. The molecule has 0 bridgehead atoms. The molecule has 1 amide bonds. The Morgan fingerprint density at radius 3 is 2.39 bits per heavy atom. The molecule has 0 saturated carbocycles. The molecule has 2 atom stereocenters. The van der Waals surface area contributed by atoms with E-state index in [1.54, 1.807) is 13.8 Å². The number of aliphatic hydroxyl groups is 1. The predicted molar refractivity (Wildman–Crippen MR) is 67.8 cm³/mol. The fourth-order valence-corrected chi connectivity index (χ4v) is 2.20. The molecule has 1 aliphatic rings. The van der Waals surface area contributed by atoms with E-state index in [-0.39, 0.29) is 0 Å². The lowest BCUT2D eigenvalue weighted by atomic mass is 9.90. The molecule has 1 heterocycles. The van der Waals surface area contributed by atoms with Crippen molar-refractivity contribution >= 4 is 6.09 Å². The predicted octanol–water partition coefficient (Wildman–Crippen LogP) is 2.52. The van der Waals surface area contributed by atoms with Gasteiger partial charge < -0.3 is 9.84 Å². The Labute approximate surface area is 107 Å². The Bertz CT molecular complexity index is 444. The SMILES string of the molecule is CC[C@@]1(C)OC(=O)N(Cc2ccccc2)[C@]1(C)O. The third-order valence-corrected chi connectivity index (χ3v) is 3.92. The van der Waals surface area contributed by atoms with Gasteiger partial charge >= 0.3 is 6.09 Å². The van der Waals surface area contributed by atoms with Crippen molar-refractivity contribution in [2.24, 2.45) is 0 Å². The molecule has 0 aliphatic carbocycles.